The number of carbonyl (C=O) groups is 2. The number of rotatable bonds is 5. The largest absolute Gasteiger partial charge is 0.352 e. The maximum atomic E-state index is 12.9. The minimum Gasteiger partial charge on any atom is -0.352 e. The summed E-state index contributed by atoms with van der Waals surface area (Å²) < 4.78 is 12.9. The molecule has 6 heteroatoms. The molecule has 0 heterocycles. The Morgan fingerprint density at radius 3 is 2.08 bits per heavy atom. The van der Waals surface area contributed by atoms with Crippen LogP contribution < -0.4 is 10.8 Å². The van der Waals surface area contributed by atoms with Gasteiger partial charge in [-0.05, 0) is 59.2 Å². The van der Waals surface area contributed by atoms with Crippen LogP contribution in [0.4, 0.5) is 4.39 Å². The number of hydrogen-bond acceptors (Lipinski definition) is 3. The van der Waals surface area contributed by atoms with Crippen LogP contribution in [0.25, 0.3) is 10.8 Å². The first-order valence-electron chi connectivity index (χ1n) is 8.08. The molecule has 0 saturated heterocycles. The predicted octanol–water partition coefficient (Wildman–Crippen LogP) is 3.07. The zero-order chi connectivity index (χ0) is 18.5. The van der Waals surface area contributed by atoms with Crippen molar-refractivity contribution in [1.29, 1.82) is 0 Å². The van der Waals surface area contributed by atoms with E-state index < -0.39 is 5.91 Å². The van der Waals surface area contributed by atoms with Crippen molar-refractivity contribution in [3.05, 3.63) is 83.2 Å². The maximum Gasteiger partial charge on any atom is 0.274 e. The molecule has 3 rings (SSSR count). The van der Waals surface area contributed by atoms with Crippen molar-refractivity contribution in [3.63, 3.8) is 0 Å². The fourth-order valence-electron chi connectivity index (χ4n) is 2.67. The average Bonchev–Trinajstić information content (AvgIpc) is 2.67. The van der Waals surface area contributed by atoms with E-state index in [9.17, 15) is 14.0 Å². The molecule has 0 atom stereocenters. The van der Waals surface area contributed by atoms with Gasteiger partial charge in [-0.2, -0.15) is 0 Å². The van der Waals surface area contributed by atoms with Crippen LogP contribution in [0.5, 0.6) is 0 Å². The van der Waals surface area contributed by atoms with Gasteiger partial charge in [-0.1, -0.05) is 24.3 Å². The van der Waals surface area contributed by atoms with Crippen LogP contribution in [0.2, 0.25) is 0 Å². The van der Waals surface area contributed by atoms with E-state index in [4.69, 9.17) is 5.21 Å². The molecule has 0 aliphatic rings. The number of benzene rings is 3. The zero-order valence-corrected chi connectivity index (χ0v) is 13.8. The third-order valence-corrected chi connectivity index (χ3v) is 4.08. The van der Waals surface area contributed by atoms with Crippen LogP contribution in [0.15, 0.2) is 60.7 Å². The quantitative estimate of drug-likeness (QED) is 0.488. The van der Waals surface area contributed by atoms with E-state index in [1.807, 2.05) is 0 Å². The smallest absolute Gasteiger partial charge is 0.274 e. The molecule has 0 saturated carbocycles. The van der Waals surface area contributed by atoms with E-state index in [1.165, 1.54) is 12.1 Å². The Morgan fingerprint density at radius 1 is 0.846 bits per heavy atom. The molecule has 0 aromatic heterocycles. The SMILES string of the molecule is O=C(NO)c1ccc2ccc(C(=O)NCCc3ccc(F)cc3)cc2c1. The summed E-state index contributed by atoms with van der Waals surface area (Å²) in [4.78, 5) is 23.8. The fraction of sp³-hybridized carbons (Fsp3) is 0.100. The van der Waals surface area contributed by atoms with E-state index in [1.54, 1.807) is 54.0 Å². The Morgan fingerprint density at radius 2 is 1.46 bits per heavy atom. The Hall–Kier alpha value is -3.25. The lowest BCUT2D eigenvalue weighted by atomic mass is 10.0. The lowest BCUT2D eigenvalue weighted by Gasteiger charge is -2.07. The van der Waals surface area contributed by atoms with Gasteiger partial charge in [0.05, 0.1) is 0 Å². The highest BCUT2D eigenvalue weighted by molar-refractivity contribution is 6.01. The third-order valence-electron chi connectivity index (χ3n) is 4.08. The summed E-state index contributed by atoms with van der Waals surface area (Å²) in [5.41, 5.74) is 3.29. The number of carbonyl (C=O) groups excluding carboxylic acids is 2. The molecule has 3 N–H and O–H groups in total. The minimum absolute atomic E-state index is 0.231. The fourth-order valence-corrected chi connectivity index (χ4v) is 2.67. The Kier molecular flexibility index (Phi) is 5.24. The number of fused-ring (bicyclic) bond motifs is 1. The van der Waals surface area contributed by atoms with Gasteiger partial charge in [0.2, 0.25) is 0 Å². The summed E-state index contributed by atoms with van der Waals surface area (Å²) in [6, 6.07) is 16.3. The second-order valence-electron chi connectivity index (χ2n) is 5.85. The van der Waals surface area contributed by atoms with Crippen molar-refractivity contribution < 1.29 is 19.2 Å². The van der Waals surface area contributed by atoms with Crippen molar-refractivity contribution in [2.75, 3.05) is 6.54 Å². The second-order valence-corrected chi connectivity index (χ2v) is 5.85. The molecule has 26 heavy (non-hydrogen) atoms. The molecule has 0 bridgehead atoms. The van der Waals surface area contributed by atoms with Crippen molar-refractivity contribution in [1.82, 2.24) is 10.8 Å². The molecule has 0 unspecified atom stereocenters. The van der Waals surface area contributed by atoms with Gasteiger partial charge in [-0.3, -0.25) is 14.8 Å². The summed E-state index contributed by atoms with van der Waals surface area (Å²) >= 11 is 0. The Labute approximate surface area is 149 Å². The number of halogens is 1. The summed E-state index contributed by atoms with van der Waals surface area (Å²) in [5, 5.41) is 13.1. The molecule has 0 aliphatic carbocycles. The molecule has 2 amide bonds. The summed E-state index contributed by atoms with van der Waals surface area (Å²) in [7, 11) is 0. The number of nitrogens with one attached hydrogen (secondary N) is 2. The van der Waals surface area contributed by atoms with Gasteiger partial charge in [-0.15, -0.1) is 0 Å². The monoisotopic (exact) mass is 352 g/mol. The molecular formula is C20H17FN2O3. The zero-order valence-electron chi connectivity index (χ0n) is 13.8. The highest BCUT2D eigenvalue weighted by Gasteiger charge is 2.09. The third kappa shape index (κ3) is 4.04. The van der Waals surface area contributed by atoms with E-state index in [0.29, 0.717) is 24.1 Å². The predicted molar refractivity (Wildman–Crippen MR) is 95.6 cm³/mol. The van der Waals surface area contributed by atoms with Crippen molar-refractivity contribution in [2.45, 2.75) is 6.42 Å². The van der Waals surface area contributed by atoms with Crippen LogP contribution in [-0.2, 0) is 6.42 Å². The molecule has 0 spiro atoms. The molecule has 3 aromatic rings. The van der Waals surface area contributed by atoms with Gasteiger partial charge in [0.1, 0.15) is 5.82 Å². The number of hydroxylamine groups is 1. The van der Waals surface area contributed by atoms with Gasteiger partial charge in [0.25, 0.3) is 11.8 Å². The topological polar surface area (TPSA) is 78.4 Å². The first-order valence-corrected chi connectivity index (χ1v) is 8.08. The molecule has 3 aromatic carbocycles. The van der Waals surface area contributed by atoms with Crippen LogP contribution in [0.3, 0.4) is 0 Å². The lowest BCUT2D eigenvalue weighted by molar-refractivity contribution is 0.0706. The molecule has 0 fully saturated rings. The van der Waals surface area contributed by atoms with Crippen molar-refractivity contribution >= 4 is 22.6 Å². The average molecular weight is 352 g/mol. The van der Waals surface area contributed by atoms with E-state index in [2.05, 4.69) is 5.32 Å². The van der Waals surface area contributed by atoms with Crippen molar-refractivity contribution in [2.24, 2.45) is 0 Å². The van der Waals surface area contributed by atoms with Gasteiger partial charge in [0.15, 0.2) is 0 Å². The molecule has 5 nitrogen and oxygen atoms in total. The summed E-state index contributed by atoms with van der Waals surface area (Å²) in [6.07, 6.45) is 0.598. The Bertz CT molecular complexity index is 955. The van der Waals surface area contributed by atoms with Crippen LogP contribution in [0, 0.1) is 5.82 Å². The van der Waals surface area contributed by atoms with Gasteiger partial charge >= 0.3 is 0 Å². The van der Waals surface area contributed by atoms with Crippen LogP contribution >= 0.6 is 0 Å². The highest BCUT2D eigenvalue weighted by atomic mass is 19.1. The molecular weight excluding hydrogens is 335 g/mol. The van der Waals surface area contributed by atoms with Crippen molar-refractivity contribution in [3.8, 4) is 0 Å². The summed E-state index contributed by atoms with van der Waals surface area (Å²) in [6.45, 7) is 0.426. The maximum absolute atomic E-state index is 12.9. The minimum atomic E-state index is -0.610. The second kappa shape index (κ2) is 7.76. The van der Waals surface area contributed by atoms with E-state index in [-0.39, 0.29) is 11.7 Å². The van der Waals surface area contributed by atoms with Crippen LogP contribution in [0.1, 0.15) is 26.3 Å². The lowest BCUT2D eigenvalue weighted by Crippen LogP contribution is -2.25. The van der Waals surface area contributed by atoms with E-state index in [0.717, 1.165) is 16.3 Å². The van der Waals surface area contributed by atoms with Gasteiger partial charge < -0.3 is 5.32 Å². The molecule has 132 valence electrons. The van der Waals surface area contributed by atoms with E-state index >= 15 is 0 Å². The highest BCUT2D eigenvalue weighted by Crippen LogP contribution is 2.18. The first-order chi connectivity index (χ1) is 12.6. The van der Waals surface area contributed by atoms with Crippen LogP contribution in [-0.4, -0.2) is 23.6 Å². The first kappa shape index (κ1) is 17.6. The van der Waals surface area contributed by atoms with Gasteiger partial charge in [0, 0.05) is 17.7 Å². The number of amides is 2. The van der Waals surface area contributed by atoms with Gasteiger partial charge in [-0.25, -0.2) is 9.87 Å². The number of hydrogen-bond donors (Lipinski definition) is 3. The standard InChI is InChI=1S/C20H17FN2O3/c21-18-7-1-13(2-8-18)9-10-22-19(24)15-5-3-14-4-6-16(20(25)23-26)12-17(14)11-15/h1-8,11-12,26H,9-10H2,(H,22,24)(H,23,25). The Balaban J connectivity index is 1.69. The summed E-state index contributed by atoms with van der Waals surface area (Å²) in [5.74, 6) is -1.13. The molecule has 0 aliphatic heterocycles. The molecule has 0 radical (unpaired) electrons. The normalized spacial score (nSPS) is 10.5.